The number of benzene rings is 2. The van der Waals surface area contributed by atoms with Gasteiger partial charge in [0.1, 0.15) is 5.75 Å². The lowest BCUT2D eigenvalue weighted by Crippen LogP contribution is -2.35. The van der Waals surface area contributed by atoms with Crippen molar-refractivity contribution in [3.05, 3.63) is 64.7 Å². The van der Waals surface area contributed by atoms with Crippen molar-refractivity contribution in [1.82, 2.24) is 10.6 Å². The monoisotopic (exact) mass is 484 g/mol. The molecule has 2 aromatic carbocycles. The van der Waals surface area contributed by atoms with Gasteiger partial charge in [0.15, 0.2) is 0 Å². The molecule has 2 amide bonds. The van der Waals surface area contributed by atoms with Gasteiger partial charge in [0.2, 0.25) is 5.91 Å². The zero-order chi connectivity index (χ0) is 24.1. The first-order valence-electron chi connectivity index (χ1n) is 11.7. The van der Waals surface area contributed by atoms with Crippen LogP contribution in [0.5, 0.6) is 5.75 Å². The average Bonchev–Trinajstić information content (AvgIpc) is 3.64. The molecule has 2 aliphatic rings. The lowest BCUT2D eigenvalue weighted by atomic mass is 9.87. The molecule has 180 valence electrons. The highest BCUT2D eigenvalue weighted by molar-refractivity contribution is 6.30. The number of carbonyl (C=O) groups excluding carboxylic acids is 2. The fourth-order valence-electron chi connectivity index (χ4n) is 4.46. The van der Waals surface area contributed by atoms with Crippen molar-refractivity contribution in [3.8, 4) is 5.75 Å². The van der Waals surface area contributed by atoms with Gasteiger partial charge in [-0.1, -0.05) is 23.7 Å². The fraction of sp³-hybridized carbons (Fsp3) is 0.423. The van der Waals surface area contributed by atoms with Crippen LogP contribution in [-0.2, 0) is 9.59 Å². The van der Waals surface area contributed by atoms with Crippen LogP contribution in [-0.4, -0.2) is 42.1 Å². The molecule has 0 radical (unpaired) electrons. The van der Waals surface area contributed by atoms with Gasteiger partial charge in [0.25, 0.3) is 5.91 Å². The van der Waals surface area contributed by atoms with Crippen LogP contribution in [0.25, 0.3) is 0 Å². The van der Waals surface area contributed by atoms with Crippen molar-refractivity contribution < 1.29 is 24.2 Å². The Hall–Kier alpha value is -3.06. The summed E-state index contributed by atoms with van der Waals surface area (Å²) in [4.78, 5) is 35.8. The highest BCUT2D eigenvalue weighted by Crippen LogP contribution is 2.47. The fourth-order valence-corrected chi connectivity index (χ4v) is 4.59. The maximum absolute atomic E-state index is 12.4. The Balaban J connectivity index is 1.14. The second-order valence-electron chi connectivity index (χ2n) is 9.00. The van der Waals surface area contributed by atoms with Crippen LogP contribution in [0.4, 0.5) is 0 Å². The number of carboxylic acid groups (broad SMARTS) is 1. The van der Waals surface area contributed by atoms with Gasteiger partial charge in [-0.05, 0) is 80.0 Å². The average molecular weight is 485 g/mol. The van der Waals surface area contributed by atoms with Crippen LogP contribution in [0, 0.1) is 11.8 Å². The highest BCUT2D eigenvalue weighted by Gasteiger charge is 2.43. The van der Waals surface area contributed by atoms with Crippen LogP contribution in [0.2, 0.25) is 5.02 Å². The minimum absolute atomic E-state index is 0.00430. The third-order valence-corrected chi connectivity index (χ3v) is 6.83. The summed E-state index contributed by atoms with van der Waals surface area (Å²) in [7, 11) is 0. The summed E-state index contributed by atoms with van der Waals surface area (Å²) in [5, 5.41) is 15.5. The van der Waals surface area contributed by atoms with Crippen LogP contribution in [0.1, 0.15) is 53.9 Å². The topological polar surface area (TPSA) is 105 Å². The van der Waals surface area contributed by atoms with Gasteiger partial charge in [-0.25, -0.2) is 0 Å². The number of ether oxygens (including phenoxy) is 1. The Bertz CT molecular complexity index is 1020. The van der Waals surface area contributed by atoms with Crippen molar-refractivity contribution in [2.24, 2.45) is 11.8 Å². The standard InChI is InChI=1S/C26H29ClN2O5/c27-19-7-1-16(2-8-19)22-15-23(22)25(31)29-14-13-28-24(30)17-3-9-20(10-4-17)34-21-11-5-18(6-12-21)26(32)33/h1-4,7-10,18,21-23H,5-6,11-15H2,(H,28,30)(H,29,31)(H,32,33)/t18?,21?,22-,23+/m1/s1. The van der Waals surface area contributed by atoms with Gasteiger partial charge in [0.05, 0.1) is 12.0 Å². The Labute approximate surface area is 203 Å². The third-order valence-electron chi connectivity index (χ3n) is 6.58. The van der Waals surface area contributed by atoms with E-state index in [-0.39, 0.29) is 35.7 Å². The van der Waals surface area contributed by atoms with Crippen molar-refractivity contribution in [3.63, 3.8) is 0 Å². The zero-order valence-corrected chi connectivity index (χ0v) is 19.6. The minimum Gasteiger partial charge on any atom is -0.490 e. The molecular formula is C26H29ClN2O5. The number of amides is 2. The molecule has 3 N–H and O–H groups in total. The highest BCUT2D eigenvalue weighted by atomic mass is 35.5. The molecule has 2 aromatic rings. The van der Waals surface area contributed by atoms with Crippen LogP contribution in [0.15, 0.2) is 48.5 Å². The molecule has 7 nitrogen and oxygen atoms in total. The summed E-state index contributed by atoms with van der Waals surface area (Å²) < 4.78 is 5.94. The molecule has 0 saturated heterocycles. The maximum Gasteiger partial charge on any atom is 0.306 e. The molecule has 2 fully saturated rings. The Morgan fingerprint density at radius 2 is 1.56 bits per heavy atom. The van der Waals surface area contributed by atoms with Gasteiger partial charge in [-0.15, -0.1) is 0 Å². The first-order chi connectivity index (χ1) is 16.4. The van der Waals surface area contributed by atoms with Crippen LogP contribution < -0.4 is 15.4 Å². The van der Waals surface area contributed by atoms with Gasteiger partial charge in [0, 0.05) is 29.6 Å². The number of aliphatic carboxylic acids is 1. The number of halogens is 1. The number of hydrogen-bond acceptors (Lipinski definition) is 4. The van der Waals surface area contributed by atoms with Gasteiger partial charge in [-0.2, -0.15) is 0 Å². The van der Waals surface area contributed by atoms with E-state index in [0.717, 1.165) is 12.0 Å². The van der Waals surface area contributed by atoms with Gasteiger partial charge in [-0.3, -0.25) is 14.4 Å². The van der Waals surface area contributed by atoms with E-state index in [4.69, 9.17) is 21.4 Å². The smallest absolute Gasteiger partial charge is 0.306 e. The lowest BCUT2D eigenvalue weighted by molar-refractivity contribution is -0.143. The second-order valence-corrected chi connectivity index (χ2v) is 9.44. The van der Waals surface area contributed by atoms with E-state index >= 15 is 0 Å². The normalized spacial score (nSPS) is 23.6. The van der Waals surface area contributed by atoms with E-state index in [1.807, 2.05) is 24.3 Å². The van der Waals surface area contributed by atoms with Crippen LogP contribution >= 0.6 is 11.6 Å². The maximum atomic E-state index is 12.4. The van der Waals surface area contributed by atoms with E-state index < -0.39 is 5.97 Å². The SMILES string of the molecule is O=C(NCCNC(=O)[C@H]1C[C@@H]1c1ccc(Cl)cc1)c1ccc(OC2CCC(C(=O)O)CC2)cc1. The Morgan fingerprint density at radius 3 is 2.21 bits per heavy atom. The molecular weight excluding hydrogens is 456 g/mol. The first kappa shape index (κ1) is 24.1. The number of hydrogen-bond donors (Lipinski definition) is 3. The van der Waals surface area contributed by atoms with Crippen LogP contribution in [0.3, 0.4) is 0 Å². The summed E-state index contributed by atoms with van der Waals surface area (Å²) in [6.07, 6.45) is 3.51. The third kappa shape index (κ3) is 6.29. The summed E-state index contributed by atoms with van der Waals surface area (Å²) in [5.74, 6) is -0.333. The molecule has 2 atom stereocenters. The number of carbonyl (C=O) groups is 3. The molecule has 34 heavy (non-hydrogen) atoms. The Kier molecular flexibility index (Phi) is 7.73. The van der Waals surface area contributed by atoms with Gasteiger partial charge >= 0.3 is 5.97 Å². The second kappa shape index (κ2) is 10.9. The predicted octanol–water partition coefficient (Wildman–Crippen LogP) is 4.01. The molecule has 0 heterocycles. The van der Waals surface area contributed by atoms with Crippen molar-refractivity contribution in [1.29, 1.82) is 0 Å². The number of rotatable bonds is 9. The van der Waals surface area contributed by atoms with E-state index in [9.17, 15) is 14.4 Å². The van der Waals surface area contributed by atoms with Crippen molar-refractivity contribution in [2.45, 2.75) is 44.1 Å². The molecule has 0 aromatic heterocycles. The number of nitrogens with one attached hydrogen (secondary N) is 2. The minimum atomic E-state index is -0.733. The lowest BCUT2D eigenvalue weighted by Gasteiger charge is -2.26. The van der Waals surface area contributed by atoms with E-state index in [1.54, 1.807) is 24.3 Å². The molecule has 2 aliphatic carbocycles. The molecule has 0 aliphatic heterocycles. The first-order valence-corrected chi connectivity index (χ1v) is 12.1. The van der Waals surface area contributed by atoms with Gasteiger partial charge < -0.3 is 20.5 Å². The van der Waals surface area contributed by atoms with E-state index in [0.29, 0.717) is 55.1 Å². The molecule has 8 heteroatoms. The van der Waals surface area contributed by atoms with E-state index in [1.165, 1.54) is 0 Å². The molecule has 0 bridgehead atoms. The summed E-state index contributed by atoms with van der Waals surface area (Å²) in [5.41, 5.74) is 1.64. The summed E-state index contributed by atoms with van der Waals surface area (Å²) >= 11 is 5.91. The molecule has 2 saturated carbocycles. The Morgan fingerprint density at radius 1 is 0.912 bits per heavy atom. The zero-order valence-electron chi connectivity index (χ0n) is 18.8. The number of carboxylic acids is 1. The quantitative estimate of drug-likeness (QED) is 0.466. The predicted molar refractivity (Wildman–Crippen MR) is 128 cm³/mol. The van der Waals surface area contributed by atoms with Crippen molar-refractivity contribution >= 4 is 29.4 Å². The summed E-state index contributed by atoms with van der Waals surface area (Å²) in [6, 6.07) is 14.5. The largest absolute Gasteiger partial charge is 0.490 e. The van der Waals surface area contributed by atoms with Crippen molar-refractivity contribution in [2.75, 3.05) is 13.1 Å². The van der Waals surface area contributed by atoms with E-state index in [2.05, 4.69) is 10.6 Å². The molecule has 0 spiro atoms. The molecule has 4 rings (SSSR count). The summed E-state index contributed by atoms with van der Waals surface area (Å²) in [6.45, 7) is 0.711. The molecule has 0 unspecified atom stereocenters.